The summed E-state index contributed by atoms with van der Waals surface area (Å²) >= 11 is 3.30. The number of aldehydes is 1. The molecule has 0 unspecified atom stereocenters. The van der Waals surface area contributed by atoms with Gasteiger partial charge in [0.05, 0.1) is 16.8 Å². The molecule has 0 radical (unpaired) electrons. The number of nitrogens with zero attached hydrogens (tertiary/aromatic N) is 1. The molecule has 0 bridgehead atoms. The number of rotatable bonds is 1. The minimum absolute atomic E-state index is 0.481. The lowest BCUT2D eigenvalue weighted by Gasteiger charge is -1.94. The summed E-state index contributed by atoms with van der Waals surface area (Å²) in [5.74, 6) is 0. The van der Waals surface area contributed by atoms with Crippen molar-refractivity contribution in [2.75, 3.05) is 0 Å². The van der Waals surface area contributed by atoms with Gasteiger partial charge in [0.25, 0.3) is 0 Å². The Bertz CT molecular complexity index is 551. The lowest BCUT2D eigenvalue weighted by molar-refractivity contribution is 0.112. The Morgan fingerprint density at radius 2 is 2.21 bits per heavy atom. The molecule has 0 atom stereocenters. The summed E-state index contributed by atoms with van der Waals surface area (Å²) in [4.78, 5) is 13.4. The first-order chi connectivity index (χ1) is 6.74. The van der Waals surface area contributed by atoms with Crippen LogP contribution >= 0.6 is 15.9 Å². The van der Waals surface area contributed by atoms with Gasteiger partial charge in [0, 0.05) is 9.86 Å². The summed E-state index contributed by atoms with van der Waals surface area (Å²) in [6.07, 6.45) is 0.731. The molecule has 0 saturated carbocycles. The predicted molar refractivity (Wildman–Crippen MR) is 56.1 cm³/mol. The van der Waals surface area contributed by atoms with Crippen molar-refractivity contribution < 1.29 is 4.79 Å². The Kier molecular flexibility index (Phi) is 2.10. The minimum atomic E-state index is 0.481. The van der Waals surface area contributed by atoms with Crippen LogP contribution < -0.4 is 0 Å². The fourth-order valence-electron chi connectivity index (χ4n) is 1.38. The van der Waals surface area contributed by atoms with E-state index in [0.29, 0.717) is 16.8 Å². The zero-order chi connectivity index (χ0) is 10.1. The number of aromatic amines is 1. The van der Waals surface area contributed by atoms with E-state index in [1.54, 1.807) is 12.1 Å². The zero-order valence-electron chi connectivity index (χ0n) is 7.04. The van der Waals surface area contributed by atoms with Crippen molar-refractivity contribution in [1.29, 1.82) is 5.26 Å². The molecule has 1 heterocycles. The Labute approximate surface area is 88.5 Å². The molecule has 0 aliphatic carbocycles. The molecule has 1 N–H and O–H groups in total. The van der Waals surface area contributed by atoms with Crippen molar-refractivity contribution in [3.63, 3.8) is 0 Å². The van der Waals surface area contributed by atoms with E-state index in [1.807, 2.05) is 6.07 Å². The number of carbonyl (C=O) groups is 1. The van der Waals surface area contributed by atoms with Gasteiger partial charge < -0.3 is 4.98 Å². The lowest BCUT2D eigenvalue weighted by atomic mass is 10.2. The summed E-state index contributed by atoms with van der Waals surface area (Å²) in [5, 5.41) is 9.72. The van der Waals surface area contributed by atoms with E-state index in [0.717, 1.165) is 16.1 Å². The molecule has 0 amide bonds. The average molecular weight is 249 g/mol. The third-order valence-electron chi connectivity index (χ3n) is 1.96. The number of nitriles is 1. The van der Waals surface area contributed by atoms with E-state index in [4.69, 9.17) is 5.26 Å². The Hall–Kier alpha value is -1.60. The number of nitrogens with one attached hydrogen (secondary N) is 1. The maximum Gasteiger partial charge on any atom is 0.166 e. The van der Waals surface area contributed by atoms with Crippen molar-refractivity contribution in [2.45, 2.75) is 0 Å². The predicted octanol–water partition coefficient (Wildman–Crippen LogP) is 2.61. The zero-order valence-corrected chi connectivity index (χ0v) is 8.63. The van der Waals surface area contributed by atoms with Crippen molar-refractivity contribution in [3.8, 4) is 6.07 Å². The van der Waals surface area contributed by atoms with Crippen molar-refractivity contribution >= 4 is 33.1 Å². The van der Waals surface area contributed by atoms with Crippen LogP contribution in [0.25, 0.3) is 10.9 Å². The summed E-state index contributed by atoms with van der Waals surface area (Å²) in [6, 6.07) is 7.36. The van der Waals surface area contributed by atoms with Gasteiger partial charge in [-0.2, -0.15) is 5.26 Å². The Morgan fingerprint density at radius 1 is 1.43 bits per heavy atom. The summed E-state index contributed by atoms with van der Waals surface area (Å²) in [5.41, 5.74) is 1.72. The third kappa shape index (κ3) is 1.32. The second kappa shape index (κ2) is 3.28. The number of fused-ring (bicyclic) bond motifs is 1. The maximum atomic E-state index is 10.5. The number of benzene rings is 1. The van der Waals surface area contributed by atoms with Gasteiger partial charge in [-0.1, -0.05) is 15.9 Å². The molecule has 0 saturated heterocycles. The van der Waals surface area contributed by atoms with Gasteiger partial charge in [-0.3, -0.25) is 4.79 Å². The summed E-state index contributed by atoms with van der Waals surface area (Å²) in [7, 11) is 0. The molecule has 1 aromatic heterocycles. The molecule has 14 heavy (non-hydrogen) atoms. The van der Waals surface area contributed by atoms with Gasteiger partial charge in [0.15, 0.2) is 6.29 Å². The number of carbonyl (C=O) groups excluding carboxylic acids is 1. The molecule has 0 aliphatic heterocycles. The molecule has 68 valence electrons. The second-order valence-electron chi connectivity index (χ2n) is 2.87. The molecule has 0 spiro atoms. The number of hydrogen-bond donors (Lipinski definition) is 1. The van der Waals surface area contributed by atoms with E-state index >= 15 is 0 Å². The van der Waals surface area contributed by atoms with Gasteiger partial charge in [0.2, 0.25) is 0 Å². The van der Waals surface area contributed by atoms with Crippen LogP contribution in [0, 0.1) is 11.3 Å². The van der Waals surface area contributed by atoms with Gasteiger partial charge in [0.1, 0.15) is 6.07 Å². The number of halogens is 1. The molecule has 2 aromatic rings. The topological polar surface area (TPSA) is 56.6 Å². The molecule has 2 rings (SSSR count). The molecule has 1 aromatic carbocycles. The van der Waals surface area contributed by atoms with Crippen LogP contribution in [-0.2, 0) is 0 Å². The van der Waals surface area contributed by atoms with Crippen LogP contribution in [0.5, 0.6) is 0 Å². The number of aromatic nitrogens is 1. The molecular formula is C10H5BrN2O. The standard InChI is InChI=1S/C10H5BrN2O/c11-8-1-6-3-9(5-14)13-10(6)7(2-8)4-12/h1-3,5,13H. The monoisotopic (exact) mass is 248 g/mol. The van der Waals surface area contributed by atoms with Crippen LogP contribution in [-0.4, -0.2) is 11.3 Å². The van der Waals surface area contributed by atoms with Crippen molar-refractivity contribution in [1.82, 2.24) is 4.98 Å². The first-order valence-electron chi connectivity index (χ1n) is 3.92. The first-order valence-corrected chi connectivity index (χ1v) is 4.71. The van der Waals surface area contributed by atoms with Crippen molar-refractivity contribution in [3.05, 3.63) is 33.9 Å². The van der Waals surface area contributed by atoms with Crippen LogP contribution in [0.2, 0.25) is 0 Å². The van der Waals surface area contributed by atoms with E-state index in [1.165, 1.54) is 0 Å². The van der Waals surface area contributed by atoms with Gasteiger partial charge in [-0.05, 0) is 18.2 Å². The van der Waals surface area contributed by atoms with E-state index in [2.05, 4.69) is 27.0 Å². The normalized spacial score (nSPS) is 10.0. The van der Waals surface area contributed by atoms with Crippen LogP contribution in [0.1, 0.15) is 16.1 Å². The van der Waals surface area contributed by atoms with E-state index in [-0.39, 0.29) is 0 Å². The highest BCUT2D eigenvalue weighted by molar-refractivity contribution is 9.10. The second-order valence-corrected chi connectivity index (χ2v) is 3.79. The lowest BCUT2D eigenvalue weighted by Crippen LogP contribution is -1.80. The molecule has 3 nitrogen and oxygen atoms in total. The minimum Gasteiger partial charge on any atom is -0.351 e. The molecule has 0 fully saturated rings. The molecule has 0 aliphatic rings. The first kappa shape index (κ1) is 8.97. The van der Waals surface area contributed by atoms with Crippen LogP contribution in [0.3, 0.4) is 0 Å². The fourth-order valence-corrected chi connectivity index (χ4v) is 1.86. The summed E-state index contributed by atoms with van der Waals surface area (Å²) in [6.45, 7) is 0. The van der Waals surface area contributed by atoms with Gasteiger partial charge in [-0.15, -0.1) is 0 Å². The van der Waals surface area contributed by atoms with E-state index in [9.17, 15) is 4.79 Å². The molecular weight excluding hydrogens is 244 g/mol. The smallest absolute Gasteiger partial charge is 0.166 e. The fraction of sp³-hybridized carbons (Fsp3) is 0. The largest absolute Gasteiger partial charge is 0.351 e. The SMILES string of the molecule is N#Cc1cc(Br)cc2cc(C=O)[nH]c12. The van der Waals surface area contributed by atoms with Gasteiger partial charge >= 0.3 is 0 Å². The van der Waals surface area contributed by atoms with Crippen LogP contribution in [0.15, 0.2) is 22.7 Å². The Balaban J connectivity index is 2.86. The van der Waals surface area contributed by atoms with Crippen molar-refractivity contribution in [2.24, 2.45) is 0 Å². The van der Waals surface area contributed by atoms with Gasteiger partial charge in [-0.25, -0.2) is 0 Å². The average Bonchev–Trinajstić information content (AvgIpc) is 2.59. The molecule has 4 heteroatoms. The highest BCUT2D eigenvalue weighted by Crippen LogP contribution is 2.23. The number of H-pyrrole nitrogens is 1. The highest BCUT2D eigenvalue weighted by atomic mass is 79.9. The Morgan fingerprint density at radius 3 is 2.86 bits per heavy atom. The maximum absolute atomic E-state index is 10.5. The highest BCUT2D eigenvalue weighted by Gasteiger charge is 2.06. The van der Waals surface area contributed by atoms with Crippen LogP contribution in [0.4, 0.5) is 0 Å². The third-order valence-corrected chi connectivity index (χ3v) is 2.42. The summed E-state index contributed by atoms with van der Waals surface area (Å²) < 4.78 is 0.831. The quantitative estimate of drug-likeness (QED) is 0.789. The van der Waals surface area contributed by atoms with E-state index < -0.39 is 0 Å². The number of hydrogen-bond acceptors (Lipinski definition) is 2.